The third kappa shape index (κ3) is 1.50. The summed E-state index contributed by atoms with van der Waals surface area (Å²) in [6, 6.07) is 0. The Balaban J connectivity index is 2.04. The van der Waals surface area contributed by atoms with Crippen molar-refractivity contribution in [3.63, 3.8) is 0 Å². The van der Waals surface area contributed by atoms with E-state index in [-0.39, 0.29) is 11.0 Å². The summed E-state index contributed by atoms with van der Waals surface area (Å²) in [5.74, 6) is 0.675. The van der Waals surface area contributed by atoms with Gasteiger partial charge in [-0.2, -0.15) is 0 Å². The summed E-state index contributed by atoms with van der Waals surface area (Å²) in [7, 11) is 0. The summed E-state index contributed by atoms with van der Waals surface area (Å²) in [5, 5.41) is 0. The number of hydrogen-bond donors (Lipinski definition) is 1. The molecule has 0 aromatic heterocycles. The highest BCUT2D eigenvalue weighted by atomic mass is 16.5. The van der Waals surface area contributed by atoms with E-state index in [0.717, 1.165) is 13.2 Å². The Morgan fingerprint density at radius 1 is 1.38 bits per heavy atom. The molecule has 1 saturated carbocycles. The van der Waals surface area contributed by atoms with Crippen LogP contribution in [0.4, 0.5) is 0 Å². The van der Waals surface area contributed by atoms with Gasteiger partial charge in [0, 0.05) is 18.8 Å². The van der Waals surface area contributed by atoms with Gasteiger partial charge in [0.2, 0.25) is 0 Å². The predicted molar refractivity (Wildman–Crippen MR) is 53.5 cm³/mol. The molecular weight excluding hydrogens is 162 g/mol. The summed E-state index contributed by atoms with van der Waals surface area (Å²) >= 11 is 0. The van der Waals surface area contributed by atoms with Crippen molar-refractivity contribution < 1.29 is 4.74 Å². The van der Waals surface area contributed by atoms with Gasteiger partial charge in [0.25, 0.3) is 0 Å². The predicted octanol–water partition coefficient (Wildman–Crippen LogP) is 1.93. The second kappa shape index (κ2) is 2.96. The maximum atomic E-state index is 6.30. The average molecular weight is 183 g/mol. The van der Waals surface area contributed by atoms with Crippen molar-refractivity contribution in [2.24, 2.45) is 17.1 Å². The molecule has 1 atom stereocenters. The second-order valence-electron chi connectivity index (χ2n) is 5.29. The van der Waals surface area contributed by atoms with Gasteiger partial charge < -0.3 is 10.5 Å². The molecule has 76 valence electrons. The Hall–Kier alpha value is -0.0800. The molecule has 1 saturated heterocycles. The first-order chi connectivity index (χ1) is 6.06. The highest BCUT2D eigenvalue weighted by Crippen LogP contribution is 2.53. The fourth-order valence-corrected chi connectivity index (χ4v) is 2.50. The van der Waals surface area contributed by atoms with Crippen molar-refractivity contribution in [3.05, 3.63) is 0 Å². The smallest absolute Gasteiger partial charge is 0.0500 e. The van der Waals surface area contributed by atoms with Crippen molar-refractivity contribution in [1.29, 1.82) is 0 Å². The fraction of sp³-hybridized carbons (Fsp3) is 1.00. The van der Waals surface area contributed by atoms with Crippen LogP contribution < -0.4 is 5.73 Å². The molecule has 2 rings (SSSR count). The van der Waals surface area contributed by atoms with E-state index in [9.17, 15) is 0 Å². The maximum Gasteiger partial charge on any atom is 0.0500 e. The number of ether oxygens (including phenoxy) is 1. The Morgan fingerprint density at radius 2 is 2.08 bits per heavy atom. The lowest BCUT2D eigenvalue weighted by Crippen LogP contribution is -2.47. The Morgan fingerprint density at radius 3 is 2.54 bits per heavy atom. The molecule has 0 spiro atoms. The molecule has 0 amide bonds. The molecule has 1 unspecified atom stereocenters. The molecule has 2 N–H and O–H groups in total. The van der Waals surface area contributed by atoms with Crippen LogP contribution >= 0.6 is 0 Å². The minimum Gasteiger partial charge on any atom is -0.381 e. The first-order valence-electron chi connectivity index (χ1n) is 5.43. The Labute approximate surface area is 80.8 Å². The van der Waals surface area contributed by atoms with Gasteiger partial charge in [-0.3, -0.25) is 0 Å². The van der Waals surface area contributed by atoms with Crippen molar-refractivity contribution in [2.45, 2.75) is 45.1 Å². The van der Waals surface area contributed by atoms with Crippen molar-refractivity contribution in [1.82, 2.24) is 0 Å². The molecular formula is C11H21NO. The van der Waals surface area contributed by atoms with Crippen LogP contribution in [0.25, 0.3) is 0 Å². The maximum absolute atomic E-state index is 6.30. The summed E-state index contributed by atoms with van der Waals surface area (Å²) in [4.78, 5) is 0. The van der Waals surface area contributed by atoms with Crippen LogP contribution in [-0.4, -0.2) is 18.8 Å². The molecule has 0 radical (unpaired) electrons. The van der Waals surface area contributed by atoms with Crippen molar-refractivity contribution >= 4 is 0 Å². The van der Waals surface area contributed by atoms with Gasteiger partial charge >= 0.3 is 0 Å². The molecule has 2 aliphatic rings. The minimum atomic E-state index is 0.123. The summed E-state index contributed by atoms with van der Waals surface area (Å²) in [6.45, 7) is 6.51. The third-order valence-electron chi connectivity index (χ3n) is 4.25. The first-order valence-corrected chi connectivity index (χ1v) is 5.43. The van der Waals surface area contributed by atoms with Crippen LogP contribution in [-0.2, 0) is 4.74 Å². The van der Waals surface area contributed by atoms with Gasteiger partial charge in [0.1, 0.15) is 0 Å². The van der Waals surface area contributed by atoms with Crippen molar-refractivity contribution in [3.8, 4) is 0 Å². The molecule has 1 aliphatic heterocycles. The van der Waals surface area contributed by atoms with Gasteiger partial charge in [-0.1, -0.05) is 13.8 Å². The number of nitrogens with two attached hydrogens (primary N) is 1. The fourth-order valence-electron chi connectivity index (χ4n) is 2.50. The van der Waals surface area contributed by atoms with Gasteiger partial charge in [0.15, 0.2) is 0 Å². The van der Waals surface area contributed by atoms with Crippen molar-refractivity contribution in [2.75, 3.05) is 13.2 Å². The van der Waals surface area contributed by atoms with Crippen LogP contribution in [0.2, 0.25) is 0 Å². The normalized spacial score (nSPS) is 33.0. The average Bonchev–Trinajstić information content (AvgIpc) is 2.87. The minimum absolute atomic E-state index is 0.123. The third-order valence-corrected chi connectivity index (χ3v) is 4.25. The van der Waals surface area contributed by atoms with E-state index in [0.29, 0.717) is 5.92 Å². The molecule has 1 heterocycles. The number of hydrogen-bond acceptors (Lipinski definition) is 2. The SMILES string of the molecule is CC(C)(C1CCCOC1)C1(N)CC1. The van der Waals surface area contributed by atoms with Crippen LogP contribution in [0, 0.1) is 11.3 Å². The lowest BCUT2D eigenvalue weighted by molar-refractivity contribution is -0.00995. The first kappa shape index (κ1) is 9.47. The number of rotatable bonds is 2. The highest BCUT2D eigenvalue weighted by Gasteiger charge is 2.54. The van der Waals surface area contributed by atoms with Gasteiger partial charge in [0.05, 0.1) is 0 Å². The molecule has 1 aliphatic carbocycles. The molecule has 0 aromatic carbocycles. The zero-order valence-electron chi connectivity index (χ0n) is 8.81. The lowest BCUT2D eigenvalue weighted by Gasteiger charge is -2.41. The zero-order valence-corrected chi connectivity index (χ0v) is 8.81. The molecule has 0 aromatic rings. The molecule has 13 heavy (non-hydrogen) atoms. The van der Waals surface area contributed by atoms with Gasteiger partial charge in [-0.15, -0.1) is 0 Å². The van der Waals surface area contributed by atoms with E-state index in [1.807, 2.05) is 0 Å². The van der Waals surface area contributed by atoms with Gasteiger partial charge in [-0.25, -0.2) is 0 Å². The monoisotopic (exact) mass is 183 g/mol. The summed E-state index contributed by atoms with van der Waals surface area (Å²) in [5.41, 5.74) is 6.69. The quantitative estimate of drug-likeness (QED) is 0.710. The van der Waals surface area contributed by atoms with E-state index >= 15 is 0 Å². The van der Waals surface area contributed by atoms with E-state index in [4.69, 9.17) is 10.5 Å². The van der Waals surface area contributed by atoms with E-state index in [2.05, 4.69) is 13.8 Å². The van der Waals surface area contributed by atoms with E-state index in [1.165, 1.54) is 25.7 Å². The summed E-state index contributed by atoms with van der Waals surface area (Å²) < 4.78 is 5.54. The van der Waals surface area contributed by atoms with Crippen LogP contribution in [0.3, 0.4) is 0 Å². The highest BCUT2D eigenvalue weighted by molar-refractivity contribution is 5.11. The topological polar surface area (TPSA) is 35.2 Å². The lowest BCUT2D eigenvalue weighted by atomic mass is 9.69. The van der Waals surface area contributed by atoms with Crippen LogP contribution in [0.5, 0.6) is 0 Å². The Bertz CT molecular complexity index is 190. The molecule has 2 heteroatoms. The van der Waals surface area contributed by atoms with Gasteiger partial charge in [-0.05, 0) is 37.0 Å². The van der Waals surface area contributed by atoms with Crippen LogP contribution in [0.1, 0.15) is 39.5 Å². The Kier molecular flexibility index (Phi) is 2.16. The largest absolute Gasteiger partial charge is 0.381 e. The molecule has 2 nitrogen and oxygen atoms in total. The summed E-state index contributed by atoms with van der Waals surface area (Å²) in [6.07, 6.45) is 4.92. The molecule has 2 fully saturated rings. The van der Waals surface area contributed by atoms with E-state index < -0.39 is 0 Å². The zero-order chi connectivity index (χ0) is 9.53. The molecule has 0 bridgehead atoms. The standard InChI is InChI=1S/C11H21NO/c1-10(2,11(12)5-6-11)9-4-3-7-13-8-9/h9H,3-8,12H2,1-2H3. The van der Waals surface area contributed by atoms with Crippen LogP contribution in [0.15, 0.2) is 0 Å². The van der Waals surface area contributed by atoms with E-state index in [1.54, 1.807) is 0 Å². The second-order valence-corrected chi connectivity index (χ2v) is 5.29.